The minimum absolute atomic E-state index is 0.149. The van der Waals surface area contributed by atoms with Gasteiger partial charge in [-0.15, -0.1) is 0 Å². The summed E-state index contributed by atoms with van der Waals surface area (Å²) in [5, 5.41) is 5.84. The number of ether oxygens (including phenoxy) is 4. The normalized spacial score (nSPS) is 14.6. The lowest BCUT2D eigenvalue weighted by atomic mass is 10.2. The zero-order chi connectivity index (χ0) is 22.1. The lowest BCUT2D eigenvalue weighted by Crippen LogP contribution is -2.15. The van der Waals surface area contributed by atoms with Crippen LogP contribution in [0.4, 0.5) is 36.1 Å². The second-order valence-electron chi connectivity index (χ2n) is 7.08. The van der Waals surface area contributed by atoms with Crippen LogP contribution in [0.15, 0.2) is 48.7 Å². The molecule has 0 bridgehead atoms. The van der Waals surface area contributed by atoms with Crippen LogP contribution in [0.2, 0.25) is 0 Å². The van der Waals surface area contributed by atoms with E-state index in [2.05, 4.69) is 15.6 Å². The minimum atomic E-state index is -4.58. The van der Waals surface area contributed by atoms with Crippen molar-refractivity contribution in [1.29, 1.82) is 0 Å². The third-order valence-corrected chi connectivity index (χ3v) is 4.85. The van der Waals surface area contributed by atoms with Crippen LogP contribution in [0.25, 0.3) is 0 Å². The molecular formula is C22H18F3N3O4. The Balaban J connectivity index is 1.44. The van der Waals surface area contributed by atoms with E-state index >= 15 is 0 Å². The van der Waals surface area contributed by atoms with E-state index in [0.29, 0.717) is 60.8 Å². The first-order valence-electron chi connectivity index (χ1n) is 9.86. The second-order valence-corrected chi connectivity index (χ2v) is 7.08. The van der Waals surface area contributed by atoms with Crippen LogP contribution in [0.3, 0.4) is 0 Å². The molecule has 0 spiro atoms. The monoisotopic (exact) mass is 445 g/mol. The average Bonchev–Trinajstić information content (AvgIpc) is 2.78. The molecule has 0 radical (unpaired) electrons. The zero-order valence-corrected chi connectivity index (χ0v) is 16.7. The molecule has 7 nitrogen and oxygen atoms in total. The van der Waals surface area contributed by atoms with Crippen molar-refractivity contribution in [3.05, 3.63) is 54.2 Å². The molecule has 10 heteroatoms. The Morgan fingerprint density at radius 3 is 1.78 bits per heavy atom. The maximum absolute atomic E-state index is 13.6. The Labute approximate surface area is 181 Å². The molecule has 1 aromatic heterocycles. The molecule has 0 saturated heterocycles. The molecule has 166 valence electrons. The number of halogens is 3. The standard InChI is InChI=1S/C22H18F3N3O4/c23-22(24,25)15-12-26-21(28-14-2-4-18-20(10-14)32-8-6-30-18)11-16(15)27-13-1-3-17-19(9-13)31-7-5-29-17/h1-4,9-12H,5-8H2,(H2,26,27,28). The fourth-order valence-corrected chi connectivity index (χ4v) is 3.40. The summed E-state index contributed by atoms with van der Waals surface area (Å²) in [7, 11) is 0. The van der Waals surface area contributed by atoms with Gasteiger partial charge in [0.1, 0.15) is 32.2 Å². The number of nitrogens with one attached hydrogen (secondary N) is 2. The molecule has 5 rings (SSSR count). The summed E-state index contributed by atoms with van der Waals surface area (Å²) in [6.45, 7) is 1.70. The maximum Gasteiger partial charge on any atom is 0.419 e. The number of aromatic nitrogens is 1. The van der Waals surface area contributed by atoms with E-state index < -0.39 is 11.7 Å². The number of hydrogen-bond donors (Lipinski definition) is 2. The van der Waals surface area contributed by atoms with E-state index in [-0.39, 0.29) is 11.5 Å². The lowest BCUT2D eigenvalue weighted by Gasteiger charge is -2.21. The van der Waals surface area contributed by atoms with Gasteiger partial charge in [-0.3, -0.25) is 0 Å². The largest absolute Gasteiger partial charge is 0.486 e. The Kier molecular flexibility index (Phi) is 5.04. The van der Waals surface area contributed by atoms with Crippen molar-refractivity contribution in [2.24, 2.45) is 0 Å². The Morgan fingerprint density at radius 2 is 1.22 bits per heavy atom. The van der Waals surface area contributed by atoms with E-state index in [1.54, 1.807) is 36.4 Å². The summed E-state index contributed by atoms with van der Waals surface area (Å²) in [5.74, 6) is 2.42. The van der Waals surface area contributed by atoms with Crippen molar-refractivity contribution >= 4 is 22.9 Å². The zero-order valence-electron chi connectivity index (χ0n) is 16.7. The SMILES string of the molecule is FC(F)(F)c1cnc(Nc2ccc3c(c2)OCCO3)cc1Nc1ccc2c(c1)OCCO2. The van der Waals surface area contributed by atoms with Crippen LogP contribution in [-0.2, 0) is 6.18 Å². The lowest BCUT2D eigenvalue weighted by molar-refractivity contribution is -0.137. The highest BCUT2D eigenvalue weighted by molar-refractivity contribution is 5.71. The van der Waals surface area contributed by atoms with E-state index in [1.165, 1.54) is 6.07 Å². The number of nitrogens with zero attached hydrogens (tertiary/aromatic N) is 1. The molecule has 0 fully saturated rings. The maximum atomic E-state index is 13.6. The van der Waals surface area contributed by atoms with Gasteiger partial charge in [-0.25, -0.2) is 4.98 Å². The third-order valence-electron chi connectivity index (χ3n) is 4.85. The fourth-order valence-electron chi connectivity index (χ4n) is 3.40. The number of fused-ring (bicyclic) bond motifs is 2. The van der Waals surface area contributed by atoms with Crippen LogP contribution in [0, 0.1) is 0 Å². The van der Waals surface area contributed by atoms with Crippen LogP contribution in [0.5, 0.6) is 23.0 Å². The highest BCUT2D eigenvalue weighted by atomic mass is 19.4. The van der Waals surface area contributed by atoms with Gasteiger partial charge < -0.3 is 29.6 Å². The highest BCUT2D eigenvalue weighted by Gasteiger charge is 2.34. The molecule has 2 aliphatic heterocycles. The number of hydrogen-bond acceptors (Lipinski definition) is 7. The van der Waals surface area contributed by atoms with E-state index in [9.17, 15) is 13.2 Å². The van der Waals surface area contributed by atoms with Gasteiger partial charge in [0, 0.05) is 35.8 Å². The van der Waals surface area contributed by atoms with Gasteiger partial charge in [0.2, 0.25) is 0 Å². The molecule has 0 amide bonds. The van der Waals surface area contributed by atoms with E-state index in [4.69, 9.17) is 18.9 Å². The van der Waals surface area contributed by atoms with Crippen molar-refractivity contribution in [3.63, 3.8) is 0 Å². The van der Waals surface area contributed by atoms with Crippen molar-refractivity contribution in [3.8, 4) is 23.0 Å². The van der Waals surface area contributed by atoms with E-state index in [1.807, 2.05) is 0 Å². The van der Waals surface area contributed by atoms with Gasteiger partial charge >= 0.3 is 6.18 Å². The van der Waals surface area contributed by atoms with Crippen molar-refractivity contribution in [1.82, 2.24) is 4.98 Å². The third kappa shape index (κ3) is 4.16. The predicted octanol–water partition coefficient (Wildman–Crippen LogP) is 5.13. The number of benzene rings is 2. The van der Waals surface area contributed by atoms with Gasteiger partial charge in [0.15, 0.2) is 23.0 Å². The smallest absolute Gasteiger partial charge is 0.419 e. The fraction of sp³-hybridized carbons (Fsp3) is 0.227. The molecule has 0 saturated carbocycles. The number of pyridine rings is 1. The van der Waals surface area contributed by atoms with Gasteiger partial charge in [0.25, 0.3) is 0 Å². The average molecular weight is 445 g/mol. The molecule has 0 aliphatic carbocycles. The summed E-state index contributed by atoms with van der Waals surface area (Å²) in [6.07, 6.45) is -3.79. The van der Waals surface area contributed by atoms with Crippen LogP contribution in [0.1, 0.15) is 5.56 Å². The molecule has 3 aromatic rings. The molecule has 0 unspecified atom stereocenters. The Bertz CT molecular complexity index is 1150. The van der Waals surface area contributed by atoms with Gasteiger partial charge in [-0.2, -0.15) is 13.2 Å². The summed E-state index contributed by atoms with van der Waals surface area (Å²) in [4.78, 5) is 3.94. The quantitative estimate of drug-likeness (QED) is 0.577. The first-order valence-corrected chi connectivity index (χ1v) is 9.86. The summed E-state index contributed by atoms with van der Waals surface area (Å²) >= 11 is 0. The van der Waals surface area contributed by atoms with Crippen LogP contribution >= 0.6 is 0 Å². The molecule has 2 aliphatic rings. The van der Waals surface area contributed by atoms with Gasteiger partial charge in [0.05, 0.1) is 11.3 Å². The molecule has 2 N–H and O–H groups in total. The highest BCUT2D eigenvalue weighted by Crippen LogP contribution is 2.39. The van der Waals surface area contributed by atoms with Crippen LogP contribution < -0.4 is 29.6 Å². The summed E-state index contributed by atoms with van der Waals surface area (Å²) in [6, 6.07) is 11.4. The topological polar surface area (TPSA) is 73.9 Å². The first-order chi connectivity index (χ1) is 15.5. The summed E-state index contributed by atoms with van der Waals surface area (Å²) < 4.78 is 62.8. The summed E-state index contributed by atoms with van der Waals surface area (Å²) in [5.41, 5.74) is -0.00708. The number of rotatable bonds is 4. The van der Waals surface area contributed by atoms with E-state index in [0.717, 1.165) is 6.20 Å². The first kappa shape index (κ1) is 20.1. The number of alkyl halides is 3. The van der Waals surface area contributed by atoms with Crippen LogP contribution in [-0.4, -0.2) is 31.4 Å². The molecule has 0 atom stereocenters. The Hall–Kier alpha value is -3.82. The van der Waals surface area contributed by atoms with Gasteiger partial charge in [-0.05, 0) is 24.3 Å². The van der Waals surface area contributed by atoms with Crippen molar-refractivity contribution < 1.29 is 32.1 Å². The second kappa shape index (κ2) is 8.03. The predicted molar refractivity (Wildman–Crippen MR) is 111 cm³/mol. The van der Waals surface area contributed by atoms with Crippen molar-refractivity contribution in [2.75, 3.05) is 37.1 Å². The van der Waals surface area contributed by atoms with Gasteiger partial charge in [-0.1, -0.05) is 0 Å². The number of anilines is 4. The minimum Gasteiger partial charge on any atom is -0.486 e. The molecule has 32 heavy (non-hydrogen) atoms. The van der Waals surface area contributed by atoms with Crippen molar-refractivity contribution in [2.45, 2.75) is 6.18 Å². The molecule has 3 heterocycles. The molecule has 2 aromatic carbocycles. The molecular weight excluding hydrogens is 427 g/mol. The Morgan fingerprint density at radius 1 is 0.688 bits per heavy atom.